The van der Waals surface area contributed by atoms with Gasteiger partial charge in [0.05, 0.1) is 0 Å². The molecule has 1 aliphatic rings. The van der Waals surface area contributed by atoms with Crippen LogP contribution in [0.4, 0.5) is 0 Å². The summed E-state index contributed by atoms with van der Waals surface area (Å²) in [6, 6.07) is 0.744. The van der Waals surface area contributed by atoms with Crippen LogP contribution < -0.4 is 5.32 Å². The highest BCUT2D eigenvalue weighted by Crippen LogP contribution is 2.34. The summed E-state index contributed by atoms with van der Waals surface area (Å²) in [5, 5.41) is 5.49. The molecule has 3 atom stereocenters. The molecule has 0 radical (unpaired) electrons. The van der Waals surface area contributed by atoms with Crippen LogP contribution in [0, 0.1) is 0 Å². The van der Waals surface area contributed by atoms with E-state index in [4.69, 9.17) is 0 Å². The zero-order valence-electron chi connectivity index (χ0n) is 13.8. The van der Waals surface area contributed by atoms with Crippen molar-refractivity contribution in [3.8, 4) is 0 Å². The molecule has 0 amide bonds. The molecule has 0 aliphatic carbocycles. The van der Waals surface area contributed by atoms with E-state index in [-0.39, 0.29) is 0 Å². The van der Waals surface area contributed by atoms with Crippen LogP contribution >= 0.6 is 23.5 Å². The van der Waals surface area contributed by atoms with E-state index in [9.17, 15) is 0 Å². The summed E-state index contributed by atoms with van der Waals surface area (Å²) >= 11 is 4.40. The molecule has 0 bridgehead atoms. The Labute approximate surface area is 135 Å². The van der Waals surface area contributed by atoms with Gasteiger partial charge in [0.15, 0.2) is 0 Å². The van der Waals surface area contributed by atoms with E-state index in [0.29, 0.717) is 0 Å². The number of unbranched alkanes of at least 4 members (excludes halogenated alkanes) is 5. The van der Waals surface area contributed by atoms with Gasteiger partial charge in [0, 0.05) is 28.0 Å². The Hall–Kier alpha value is 0.660. The van der Waals surface area contributed by atoms with Crippen molar-refractivity contribution in [2.24, 2.45) is 0 Å². The van der Waals surface area contributed by atoms with E-state index >= 15 is 0 Å². The van der Waals surface area contributed by atoms with Crippen LogP contribution in [-0.4, -0.2) is 34.6 Å². The van der Waals surface area contributed by atoms with Gasteiger partial charge in [0.1, 0.15) is 0 Å². The predicted octanol–water partition coefficient (Wildman–Crippen LogP) is 5.34. The van der Waals surface area contributed by atoms with Crippen LogP contribution in [0.15, 0.2) is 0 Å². The predicted molar refractivity (Wildman–Crippen MR) is 98.2 cm³/mol. The summed E-state index contributed by atoms with van der Waals surface area (Å²) in [4.78, 5) is 0. The first-order valence-electron chi connectivity index (χ1n) is 8.76. The molecule has 1 rings (SSSR count). The minimum atomic E-state index is 0.744. The first kappa shape index (κ1) is 18.7. The second-order valence-corrected chi connectivity index (χ2v) is 8.80. The molecule has 1 N–H and O–H groups in total. The summed E-state index contributed by atoms with van der Waals surface area (Å²) in [5.74, 6) is 2.69. The van der Waals surface area contributed by atoms with E-state index in [2.05, 4.69) is 49.6 Å². The van der Waals surface area contributed by atoms with Gasteiger partial charge in [-0.3, -0.25) is 0 Å². The van der Waals surface area contributed by atoms with Crippen LogP contribution in [-0.2, 0) is 0 Å². The summed E-state index contributed by atoms with van der Waals surface area (Å²) in [7, 11) is 0. The van der Waals surface area contributed by atoms with Gasteiger partial charge in [-0.2, -0.15) is 23.5 Å². The zero-order chi connectivity index (χ0) is 14.6. The van der Waals surface area contributed by atoms with Crippen LogP contribution in [0.25, 0.3) is 0 Å². The van der Waals surface area contributed by atoms with Gasteiger partial charge >= 0.3 is 0 Å². The van der Waals surface area contributed by atoms with Crippen molar-refractivity contribution < 1.29 is 0 Å². The van der Waals surface area contributed by atoms with E-state index < -0.39 is 0 Å². The second kappa shape index (κ2) is 12.2. The Morgan fingerprint density at radius 3 is 2.35 bits per heavy atom. The molecule has 120 valence electrons. The molecule has 20 heavy (non-hydrogen) atoms. The minimum Gasteiger partial charge on any atom is -0.313 e. The van der Waals surface area contributed by atoms with Crippen molar-refractivity contribution in [1.29, 1.82) is 0 Å². The van der Waals surface area contributed by atoms with Gasteiger partial charge in [-0.1, -0.05) is 59.3 Å². The van der Waals surface area contributed by atoms with E-state index in [1.165, 1.54) is 69.4 Å². The Morgan fingerprint density at radius 1 is 0.950 bits per heavy atom. The lowest BCUT2D eigenvalue weighted by atomic mass is 10.0. The van der Waals surface area contributed by atoms with Crippen molar-refractivity contribution in [3.05, 3.63) is 0 Å². The topological polar surface area (TPSA) is 12.0 Å². The highest BCUT2D eigenvalue weighted by atomic mass is 32.2. The SMILES string of the molecule is CCCCCCCCC(NCCC)C1SCCSC1C. The van der Waals surface area contributed by atoms with E-state index in [1.807, 2.05) is 0 Å². The Kier molecular flexibility index (Phi) is 11.4. The van der Waals surface area contributed by atoms with Crippen LogP contribution in [0.1, 0.15) is 72.1 Å². The lowest BCUT2D eigenvalue weighted by Crippen LogP contribution is -2.44. The normalized spacial score (nSPS) is 24.8. The Balaban J connectivity index is 2.27. The third-order valence-corrected chi connectivity index (χ3v) is 7.41. The number of hydrogen-bond acceptors (Lipinski definition) is 3. The summed E-state index contributed by atoms with van der Waals surface area (Å²) < 4.78 is 0. The van der Waals surface area contributed by atoms with Crippen LogP contribution in [0.5, 0.6) is 0 Å². The molecule has 1 aliphatic heterocycles. The van der Waals surface area contributed by atoms with Crippen LogP contribution in [0.3, 0.4) is 0 Å². The van der Waals surface area contributed by atoms with Gasteiger partial charge < -0.3 is 5.32 Å². The molecule has 0 saturated carbocycles. The van der Waals surface area contributed by atoms with E-state index in [0.717, 1.165) is 16.5 Å². The van der Waals surface area contributed by atoms with Crippen molar-refractivity contribution in [2.75, 3.05) is 18.1 Å². The average molecular weight is 318 g/mol. The fourth-order valence-electron chi connectivity index (χ4n) is 2.95. The average Bonchev–Trinajstić information content (AvgIpc) is 2.47. The molecule has 0 aromatic heterocycles. The molecular formula is C17H35NS2. The Bertz CT molecular complexity index is 223. The van der Waals surface area contributed by atoms with E-state index in [1.54, 1.807) is 0 Å². The van der Waals surface area contributed by atoms with Gasteiger partial charge in [-0.15, -0.1) is 0 Å². The smallest absolute Gasteiger partial charge is 0.0317 e. The van der Waals surface area contributed by atoms with Gasteiger partial charge in [0.2, 0.25) is 0 Å². The second-order valence-electron chi connectivity index (χ2n) is 6.03. The summed E-state index contributed by atoms with van der Waals surface area (Å²) in [6.45, 7) is 8.20. The molecule has 1 nitrogen and oxygen atoms in total. The molecule has 1 heterocycles. The molecule has 3 unspecified atom stereocenters. The molecule has 0 aromatic carbocycles. The molecule has 1 saturated heterocycles. The molecule has 0 spiro atoms. The first-order valence-corrected chi connectivity index (χ1v) is 10.9. The number of thioether (sulfide) groups is 2. The zero-order valence-corrected chi connectivity index (χ0v) is 15.5. The van der Waals surface area contributed by atoms with Gasteiger partial charge in [-0.05, 0) is 19.4 Å². The maximum absolute atomic E-state index is 3.84. The van der Waals surface area contributed by atoms with Gasteiger partial charge in [0.25, 0.3) is 0 Å². The number of nitrogens with one attached hydrogen (secondary N) is 1. The molecular weight excluding hydrogens is 282 g/mol. The largest absolute Gasteiger partial charge is 0.313 e. The monoisotopic (exact) mass is 317 g/mol. The summed E-state index contributed by atoms with van der Waals surface area (Å²) in [5.41, 5.74) is 0. The lowest BCUT2D eigenvalue weighted by molar-refractivity contribution is 0.438. The third-order valence-electron chi connectivity index (χ3n) is 4.16. The maximum atomic E-state index is 3.84. The molecule has 3 heteroatoms. The fraction of sp³-hybridized carbons (Fsp3) is 1.00. The van der Waals surface area contributed by atoms with Gasteiger partial charge in [-0.25, -0.2) is 0 Å². The van der Waals surface area contributed by atoms with Crippen molar-refractivity contribution in [1.82, 2.24) is 5.32 Å². The molecule has 0 aromatic rings. The first-order chi connectivity index (χ1) is 9.79. The van der Waals surface area contributed by atoms with Crippen molar-refractivity contribution in [3.63, 3.8) is 0 Å². The fourth-order valence-corrected chi connectivity index (χ4v) is 5.95. The maximum Gasteiger partial charge on any atom is 0.0317 e. The standard InChI is InChI=1S/C17H35NS2/c1-4-6-7-8-9-10-11-16(18-12-5-2)17-15(3)19-13-14-20-17/h15-18H,4-14H2,1-3H3. The minimum absolute atomic E-state index is 0.744. The quantitative estimate of drug-likeness (QED) is 0.516. The number of hydrogen-bond donors (Lipinski definition) is 1. The van der Waals surface area contributed by atoms with Crippen molar-refractivity contribution >= 4 is 23.5 Å². The lowest BCUT2D eigenvalue weighted by Gasteiger charge is -2.35. The summed E-state index contributed by atoms with van der Waals surface area (Å²) in [6.07, 6.45) is 11.1. The van der Waals surface area contributed by atoms with Crippen LogP contribution in [0.2, 0.25) is 0 Å². The third kappa shape index (κ3) is 7.61. The number of rotatable bonds is 11. The Morgan fingerprint density at radius 2 is 1.65 bits per heavy atom. The van der Waals surface area contributed by atoms with Crippen molar-refractivity contribution in [2.45, 2.75) is 88.7 Å². The molecule has 1 fully saturated rings. The highest BCUT2D eigenvalue weighted by molar-refractivity contribution is 8.07. The highest BCUT2D eigenvalue weighted by Gasteiger charge is 2.29.